The highest BCUT2D eigenvalue weighted by molar-refractivity contribution is 6.31. The average molecular weight is 310 g/mol. The Morgan fingerprint density at radius 1 is 1.05 bits per heavy atom. The second-order valence-corrected chi connectivity index (χ2v) is 5.99. The summed E-state index contributed by atoms with van der Waals surface area (Å²) in [6.07, 6.45) is 2.46. The third-order valence-electron chi connectivity index (χ3n) is 3.40. The summed E-state index contributed by atoms with van der Waals surface area (Å²) in [4.78, 5) is 0. The Balaban J connectivity index is 1.98. The minimum Gasteiger partial charge on any atom is -0.310 e. The van der Waals surface area contributed by atoms with Crippen molar-refractivity contribution in [1.29, 1.82) is 0 Å². The van der Waals surface area contributed by atoms with E-state index >= 15 is 0 Å². The van der Waals surface area contributed by atoms with Crippen molar-refractivity contribution in [3.05, 3.63) is 57.8 Å². The Morgan fingerprint density at radius 2 is 1.85 bits per heavy atom. The van der Waals surface area contributed by atoms with Gasteiger partial charge in [0.25, 0.3) is 0 Å². The second-order valence-electron chi connectivity index (χ2n) is 5.11. The van der Waals surface area contributed by atoms with Crippen LogP contribution in [0.3, 0.4) is 0 Å². The number of halogens is 3. The van der Waals surface area contributed by atoms with Gasteiger partial charge in [0.1, 0.15) is 5.82 Å². The summed E-state index contributed by atoms with van der Waals surface area (Å²) in [5, 5.41) is 4.49. The first-order valence-corrected chi connectivity index (χ1v) is 7.36. The van der Waals surface area contributed by atoms with Gasteiger partial charge >= 0.3 is 0 Å². The molecule has 1 nitrogen and oxygen atoms in total. The Morgan fingerprint density at radius 3 is 2.55 bits per heavy atom. The zero-order valence-corrected chi connectivity index (χ0v) is 12.3. The third-order valence-corrected chi connectivity index (χ3v) is 3.86. The predicted molar refractivity (Wildman–Crippen MR) is 81.7 cm³/mol. The Bertz CT molecular complexity index is 618. The Labute approximate surface area is 127 Å². The first-order valence-electron chi connectivity index (χ1n) is 6.60. The van der Waals surface area contributed by atoms with E-state index in [1.54, 1.807) is 6.07 Å². The fourth-order valence-electron chi connectivity index (χ4n) is 2.22. The van der Waals surface area contributed by atoms with Gasteiger partial charge in [-0.1, -0.05) is 29.3 Å². The average Bonchev–Trinajstić information content (AvgIpc) is 3.20. The van der Waals surface area contributed by atoms with E-state index in [4.69, 9.17) is 23.2 Å². The van der Waals surface area contributed by atoms with Crippen LogP contribution >= 0.6 is 23.2 Å². The minimum absolute atomic E-state index is 0.339. The van der Waals surface area contributed by atoms with E-state index in [0.29, 0.717) is 16.1 Å². The van der Waals surface area contributed by atoms with Crippen molar-refractivity contribution in [1.82, 2.24) is 5.32 Å². The SMILES string of the molecule is Fc1cc(Cl)cc(-c2cc(Cl)ccc2CNC2CC2)c1. The molecule has 0 amide bonds. The van der Waals surface area contributed by atoms with Crippen molar-refractivity contribution in [2.24, 2.45) is 0 Å². The van der Waals surface area contributed by atoms with Crippen molar-refractivity contribution < 1.29 is 4.39 Å². The molecule has 1 aliphatic carbocycles. The molecule has 0 atom stereocenters. The zero-order valence-electron chi connectivity index (χ0n) is 10.8. The van der Waals surface area contributed by atoms with Crippen molar-refractivity contribution in [2.75, 3.05) is 0 Å². The van der Waals surface area contributed by atoms with Crippen molar-refractivity contribution in [3.8, 4) is 11.1 Å². The summed E-state index contributed by atoms with van der Waals surface area (Å²) >= 11 is 12.0. The molecule has 1 saturated carbocycles. The maximum Gasteiger partial charge on any atom is 0.125 e. The summed E-state index contributed by atoms with van der Waals surface area (Å²) in [6.45, 7) is 0.755. The van der Waals surface area contributed by atoms with E-state index < -0.39 is 0 Å². The Hall–Kier alpha value is -1.09. The van der Waals surface area contributed by atoms with E-state index in [0.717, 1.165) is 23.2 Å². The van der Waals surface area contributed by atoms with Gasteiger partial charge in [-0.25, -0.2) is 4.39 Å². The second kappa shape index (κ2) is 5.72. The normalized spacial score (nSPS) is 14.6. The number of rotatable bonds is 4. The molecule has 2 aromatic carbocycles. The molecule has 1 fully saturated rings. The molecule has 0 aromatic heterocycles. The lowest BCUT2D eigenvalue weighted by Gasteiger charge is -2.12. The molecule has 1 aliphatic rings. The highest BCUT2D eigenvalue weighted by Crippen LogP contribution is 2.30. The van der Waals surface area contributed by atoms with Crippen LogP contribution in [0.25, 0.3) is 11.1 Å². The van der Waals surface area contributed by atoms with E-state index in [1.165, 1.54) is 25.0 Å². The molecule has 0 spiro atoms. The van der Waals surface area contributed by atoms with Crippen molar-refractivity contribution in [3.63, 3.8) is 0 Å². The lowest BCUT2D eigenvalue weighted by Crippen LogP contribution is -2.15. The maximum atomic E-state index is 13.5. The molecule has 0 unspecified atom stereocenters. The number of hydrogen-bond donors (Lipinski definition) is 1. The van der Waals surface area contributed by atoms with Crippen LogP contribution in [0.1, 0.15) is 18.4 Å². The van der Waals surface area contributed by atoms with Crippen LogP contribution in [0.4, 0.5) is 4.39 Å². The van der Waals surface area contributed by atoms with Crippen LogP contribution in [0.2, 0.25) is 10.0 Å². The quantitative estimate of drug-likeness (QED) is 0.833. The topological polar surface area (TPSA) is 12.0 Å². The molecule has 0 aliphatic heterocycles. The van der Waals surface area contributed by atoms with E-state index in [1.807, 2.05) is 18.2 Å². The molecule has 0 radical (unpaired) electrons. The molecule has 0 bridgehead atoms. The first-order chi connectivity index (χ1) is 9.61. The fourth-order valence-corrected chi connectivity index (χ4v) is 2.62. The summed E-state index contributed by atoms with van der Waals surface area (Å²) in [5.74, 6) is -0.339. The van der Waals surface area contributed by atoms with Crippen LogP contribution in [-0.2, 0) is 6.54 Å². The number of nitrogens with one attached hydrogen (secondary N) is 1. The van der Waals surface area contributed by atoms with Gasteiger partial charge < -0.3 is 5.32 Å². The fraction of sp³-hybridized carbons (Fsp3) is 0.250. The zero-order chi connectivity index (χ0) is 14.1. The highest BCUT2D eigenvalue weighted by atomic mass is 35.5. The molecule has 2 aromatic rings. The number of hydrogen-bond acceptors (Lipinski definition) is 1. The Kier molecular flexibility index (Phi) is 3.97. The van der Waals surface area contributed by atoms with Crippen LogP contribution < -0.4 is 5.32 Å². The minimum atomic E-state index is -0.339. The van der Waals surface area contributed by atoms with Gasteiger partial charge in [0.2, 0.25) is 0 Å². The molecule has 20 heavy (non-hydrogen) atoms. The van der Waals surface area contributed by atoms with Crippen LogP contribution in [0.5, 0.6) is 0 Å². The third kappa shape index (κ3) is 3.32. The molecular formula is C16H14Cl2FN. The summed E-state index contributed by atoms with van der Waals surface area (Å²) in [5.41, 5.74) is 2.78. The van der Waals surface area contributed by atoms with Gasteiger partial charge in [0.05, 0.1) is 0 Å². The molecule has 0 heterocycles. The molecule has 0 saturated heterocycles. The largest absolute Gasteiger partial charge is 0.310 e. The van der Waals surface area contributed by atoms with E-state index in [-0.39, 0.29) is 5.82 Å². The summed E-state index contributed by atoms with van der Waals surface area (Å²) < 4.78 is 13.5. The lowest BCUT2D eigenvalue weighted by molar-refractivity contribution is 0.628. The molecule has 4 heteroatoms. The van der Waals surface area contributed by atoms with Gasteiger partial charge in [0.15, 0.2) is 0 Å². The lowest BCUT2D eigenvalue weighted by atomic mass is 9.99. The smallest absolute Gasteiger partial charge is 0.125 e. The molecular weight excluding hydrogens is 296 g/mol. The van der Waals surface area contributed by atoms with Crippen LogP contribution in [-0.4, -0.2) is 6.04 Å². The van der Waals surface area contributed by atoms with Crippen molar-refractivity contribution >= 4 is 23.2 Å². The summed E-state index contributed by atoms with van der Waals surface area (Å²) in [6, 6.07) is 10.9. The monoisotopic (exact) mass is 309 g/mol. The van der Waals surface area contributed by atoms with Crippen molar-refractivity contribution in [2.45, 2.75) is 25.4 Å². The summed E-state index contributed by atoms with van der Waals surface area (Å²) in [7, 11) is 0. The van der Waals surface area contributed by atoms with Gasteiger partial charge in [-0.3, -0.25) is 0 Å². The molecule has 3 rings (SSSR count). The molecule has 104 valence electrons. The van der Waals surface area contributed by atoms with Gasteiger partial charge in [-0.05, 0) is 59.9 Å². The predicted octanol–water partition coefficient (Wildman–Crippen LogP) is 5.05. The van der Waals surface area contributed by atoms with Gasteiger partial charge in [-0.2, -0.15) is 0 Å². The van der Waals surface area contributed by atoms with Gasteiger partial charge in [-0.15, -0.1) is 0 Å². The van der Waals surface area contributed by atoms with Gasteiger partial charge in [0, 0.05) is 22.6 Å². The first kappa shape index (κ1) is 13.9. The van der Waals surface area contributed by atoms with E-state index in [2.05, 4.69) is 5.32 Å². The van der Waals surface area contributed by atoms with Crippen LogP contribution in [0.15, 0.2) is 36.4 Å². The number of benzene rings is 2. The molecule has 1 N–H and O–H groups in total. The maximum absolute atomic E-state index is 13.5. The van der Waals surface area contributed by atoms with E-state index in [9.17, 15) is 4.39 Å². The van der Waals surface area contributed by atoms with Crippen LogP contribution in [0, 0.1) is 5.82 Å². The standard InChI is InChI=1S/C16H14Cl2FN/c17-12-2-1-10(9-20-15-3-4-15)16(8-12)11-5-13(18)7-14(19)6-11/h1-2,5-8,15,20H,3-4,9H2. The highest BCUT2D eigenvalue weighted by Gasteiger charge is 2.20.